The lowest BCUT2D eigenvalue weighted by atomic mass is 9.76. The predicted octanol–water partition coefficient (Wildman–Crippen LogP) is 1.61. The molecular formula is C15H26N2O3. The van der Waals surface area contributed by atoms with Crippen molar-refractivity contribution in [2.24, 2.45) is 17.6 Å². The average Bonchev–Trinajstić information content (AvgIpc) is 2.37. The highest BCUT2D eigenvalue weighted by molar-refractivity contribution is 5.86. The molecule has 0 aromatic heterocycles. The van der Waals surface area contributed by atoms with Crippen LogP contribution in [-0.2, 0) is 9.59 Å². The van der Waals surface area contributed by atoms with Crippen LogP contribution in [0, 0.1) is 11.8 Å². The molecule has 0 radical (unpaired) electrons. The van der Waals surface area contributed by atoms with Gasteiger partial charge in [0.1, 0.15) is 0 Å². The number of carboxylic acids is 1. The van der Waals surface area contributed by atoms with Gasteiger partial charge in [0.15, 0.2) is 0 Å². The molecule has 1 saturated carbocycles. The molecule has 2 rings (SSSR count). The number of aliphatic carboxylic acids is 1. The molecule has 1 saturated heterocycles. The van der Waals surface area contributed by atoms with E-state index in [2.05, 4.69) is 6.92 Å². The molecule has 3 N–H and O–H groups in total. The van der Waals surface area contributed by atoms with Crippen LogP contribution in [0.4, 0.5) is 0 Å². The minimum absolute atomic E-state index is 0.0409. The first-order valence-corrected chi connectivity index (χ1v) is 7.71. The molecule has 5 heteroatoms. The first-order chi connectivity index (χ1) is 9.40. The number of rotatable bonds is 3. The third-order valence-corrected chi connectivity index (χ3v) is 4.73. The normalized spacial score (nSPS) is 34.8. The fraction of sp³-hybridized carbons (Fsp3) is 0.867. The number of nitrogens with zero attached hydrogens (tertiary/aromatic N) is 1. The molecule has 1 heterocycles. The fourth-order valence-corrected chi connectivity index (χ4v) is 3.76. The van der Waals surface area contributed by atoms with Crippen LogP contribution in [0.2, 0.25) is 0 Å². The van der Waals surface area contributed by atoms with Gasteiger partial charge < -0.3 is 15.7 Å². The summed E-state index contributed by atoms with van der Waals surface area (Å²) in [6, 6.07) is 0. The summed E-state index contributed by atoms with van der Waals surface area (Å²) >= 11 is 0. The second kappa shape index (κ2) is 6.12. The number of hydrogen-bond acceptors (Lipinski definition) is 3. The number of carboxylic acid groups (broad SMARTS) is 1. The Kier molecular flexibility index (Phi) is 4.68. The maximum Gasteiger partial charge on any atom is 0.303 e. The van der Waals surface area contributed by atoms with Crippen LogP contribution in [0.5, 0.6) is 0 Å². The van der Waals surface area contributed by atoms with E-state index in [1.807, 2.05) is 4.90 Å². The zero-order valence-corrected chi connectivity index (χ0v) is 12.3. The molecule has 1 aliphatic heterocycles. The highest BCUT2D eigenvalue weighted by atomic mass is 16.4. The summed E-state index contributed by atoms with van der Waals surface area (Å²) in [6.45, 7) is 3.43. The summed E-state index contributed by atoms with van der Waals surface area (Å²) in [6.07, 6.45) is 5.60. The Morgan fingerprint density at radius 3 is 2.75 bits per heavy atom. The third kappa shape index (κ3) is 3.51. The van der Waals surface area contributed by atoms with Crippen molar-refractivity contribution < 1.29 is 14.7 Å². The molecule has 2 aliphatic rings. The van der Waals surface area contributed by atoms with Crippen LogP contribution in [0.3, 0.4) is 0 Å². The van der Waals surface area contributed by atoms with Gasteiger partial charge in [-0.05, 0) is 37.5 Å². The molecule has 0 aromatic carbocycles. The summed E-state index contributed by atoms with van der Waals surface area (Å²) < 4.78 is 0. The molecule has 0 spiro atoms. The molecule has 5 nitrogen and oxygen atoms in total. The zero-order valence-electron chi connectivity index (χ0n) is 12.3. The van der Waals surface area contributed by atoms with Gasteiger partial charge in [-0.15, -0.1) is 0 Å². The van der Waals surface area contributed by atoms with Gasteiger partial charge in [0.2, 0.25) is 5.91 Å². The largest absolute Gasteiger partial charge is 0.481 e. The van der Waals surface area contributed by atoms with E-state index in [0.29, 0.717) is 12.5 Å². The molecular weight excluding hydrogens is 256 g/mol. The number of carbonyl (C=O) groups is 2. The van der Waals surface area contributed by atoms with Crippen LogP contribution in [0.1, 0.15) is 51.9 Å². The van der Waals surface area contributed by atoms with Gasteiger partial charge in [-0.2, -0.15) is 0 Å². The van der Waals surface area contributed by atoms with E-state index < -0.39 is 11.5 Å². The lowest BCUT2D eigenvalue weighted by molar-refractivity contribution is -0.144. The van der Waals surface area contributed by atoms with Gasteiger partial charge in [-0.1, -0.05) is 19.8 Å². The smallest absolute Gasteiger partial charge is 0.303 e. The molecule has 3 atom stereocenters. The van der Waals surface area contributed by atoms with Gasteiger partial charge in [-0.3, -0.25) is 9.59 Å². The van der Waals surface area contributed by atoms with Crippen molar-refractivity contribution in [1.82, 2.24) is 4.90 Å². The van der Waals surface area contributed by atoms with E-state index in [-0.39, 0.29) is 18.2 Å². The lowest BCUT2D eigenvalue weighted by Gasteiger charge is -2.41. The summed E-state index contributed by atoms with van der Waals surface area (Å²) in [5.41, 5.74) is 5.64. The fourth-order valence-electron chi connectivity index (χ4n) is 3.76. The molecule has 1 amide bonds. The highest BCUT2D eigenvalue weighted by Gasteiger charge is 2.41. The second-order valence-corrected chi connectivity index (χ2v) is 6.71. The molecule has 0 aromatic rings. The van der Waals surface area contributed by atoms with Crippen molar-refractivity contribution in [1.29, 1.82) is 0 Å². The van der Waals surface area contributed by atoms with E-state index in [1.54, 1.807) is 0 Å². The molecule has 1 aliphatic carbocycles. The maximum atomic E-state index is 12.7. The third-order valence-electron chi connectivity index (χ3n) is 4.73. The summed E-state index contributed by atoms with van der Waals surface area (Å²) in [5, 5.41) is 8.90. The monoisotopic (exact) mass is 282 g/mol. The van der Waals surface area contributed by atoms with Gasteiger partial charge in [-0.25, -0.2) is 0 Å². The van der Waals surface area contributed by atoms with Gasteiger partial charge >= 0.3 is 5.97 Å². The minimum atomic E-state index is -0.780. The van der Waals surface area contributed by atoms with E-state index in [1.165, 1.54) is 0 Å². The van der Waals surface area contributed by atoms with E-state index in [9.17, 15) is 9.59 Å². The maximum absolute atomic E-state index is 12.7. The van der Waals surface area contributed by atoms with Gasteiger partial charge in [0.05, 0.1) is 5.54 Å². The summed E-state index contributed by atoms with van der Waals surface area (Å²) in [5.74, 6) is -0.163. The quantitative estimate of drug-likeness (QED) is 0.823. The van der Waals surface area contributed by atoms with Crippen molar-refractivity contribution in [3.05, 3.63) is 0 Å². The minimum Gasteiger partial charge on any atom is -0.481 e. The van der Waals surface area contributed by atoms with E-state index >= 15 is 0 Å². The van der Waals surface area contributed by atoms with Crippen molar-refractivity contribution >= 4 is 11.9 Å². The Labute approximate surface area is 120 Å². The van der Waals surface area contributed by atoms with Crippen LogP contribution in [0.15, 0.2) is 0 Å². The Bertz CT molecular complexity index is 385. The number of hydrogen-bond donors (Lipinski definition) is 2. The van der Waals surface area contributed by atoms with Crippen LogP contribution < -0.4 is 5.73 Å². The zero-order chi connectivity index (χ0) is 14.8. The van der Waals surface area contributed by atoms with Crippen molar-refractivity contribution in [2.75, 3.05) is 13.1 Å². The second-order valence-electron chi connectivity index (χ2n) is 6.71. The predicted molar refractivity (Wildman–Crippen MR) is 76.1 cm³/mol. The summed E-state index contributed by atoms with van der Waals surface area (Å²) in [4.78, 5) is 25.3. The SMILES string of the molecule is CC1CCCC(N)(C(=O)N2CCCC(CC(=O)O)C2)C1. The number of piperidine rings is 1. The van der Waals surface area contributed by atoms with Crippen LogP contribution in [-0.4, -0.2) is 40.5 Å². The van der Waals surface area contributed by atoms with Crippen molar-refractivity contribution in [3.8, 4) is 0 Å². The number of likely N-dealkylation sites (tertiary alicyclic amines) is 1. The Morgan fingerprint density at radius 1 is 1.35 bits per heavy atom. The van der Waals surface area contributed by atoms with Gasteiger partial charge in [0.25, 0.3) is 0 Å². The molecule has 114 valence electrons. The van der Waals surface area contributed by atoms with E-state index in [0.717, 1.165) is 45.1 Å². The highest BCUT2D eigenvalue weighted by Crippen LogP contribution is 2.33. The first-order valence-electron chi connectivity index (χ1n) is 7.71. The first kappa shape index (κ1) is 15.3. The van der Waals surface area contributed by atoms with Crippen LogP contribution >= 0.6 is 0 Å². The average molecular weight is 282 g/mol. The van der Waals surface area contributed by atoms with Crippen LogP contribution in [0.25, 0.3) is 0 Å². The Morgan fingerprint density at radius 2 is 2.10 bits per heavy atom. The van der Waals surface area contributed by atoms with Crippen molar-refractivity contribution in [2.45, 2.75) is 57.4 Å². The Balaban J connectivity index is 1.99. The van der Waals surface area contributed by atoms with E-state index in [4.69, 9.17) is 10.8 Å². The number of amides is 1. The lowest BCUT2D eigenvalue weighted by Crippen LogP contribution is -2.59. The van der Waals surface area contributed by atoms with Gasteiger partial charge in [0, 0.05) is 19.5 Å². The number of nitrogens with two attached hydrogens (primary N) is 1. The topological polar surface area (TPSA) is 83.6 Å². The molecule has 2 fully saturated rings. The Hall–Kier alpha value is -1.10. The standard InChI is InChI=1S/C15H26N2O3/c1-11-4-2-6-15(16,9-11)14(20)17-7-3-5-12(10-17)8-13(18)19/h11-12H,2-10,16H2,1H3,(H,18,19). The summed E-state index contributed by atoms with van der Waals surface area (Å²) in [7, 11) is 0. The molecule has 0 bridgehead atoms. The number of carbonyl (C=O) groups excluding carboxylic acids is 1. The molecule has 20 heavy (non-hydrogen) atoms. The van der Waals surface area contributed by atoms with Crippen molar-refractivity contribution in [3.63, 3.8) is 0 Å². The molecule has 3 unspecified atom stereocenters.